The smallest absolute Gasteiger partial charge is 0.230 e. The van der Waals surface area contributed by atoms with Gasteiger partial charge in [-0.2, -0.15) is 0 Å². The van der Waals surface area contributed by atoms with Gasteiger partial charge in [-0.1, -0.05) is 23.7 Å². The molecule has 2 aromatic rings. The maximum atomic E-state index is 11.7. The second-order valence-corrected chi connectivity index (χ2v) is 5.48. The van der Waals surface area contributed by atoms with Crippen molar-refractivity contribution in [2.45, 2.75) is 11.0 Å². The van der Waals surface area contributed by atoms with Crippen LogP contribution in [0.5, 0.6) is 0 Å². The molecule has 0 aliphatic carbocycles. The van der Waals surface area contributed by atoms with Crippen LogP contribution in [0.15, 0.2) is 52.0 Å². The molecule has 1 aromatic carbocycles. The van der Waals surface area contributed by atoms with Crippen LogP contribution in [-0.2, 0) is 4.79 Å². The Hall–Kier alpha value is -1.43. The number of aliphatic hydroxyl groups excluding tert-OH is 1. The van der Waals surface area contributed by atoms with Crippen LogP contribution in [0.25, 0.3) is 0 Å². The number of halogens is 1. The summed E-state index contributed by atoms with van der Waals surface area (Å²) in [4.78, 5) is 12.5. The number of hydrogen-bond donors (Lipinski definition) is 2. The van der Waals surface area contributed by atoms with E-state index in [0.717, 1.165) is 4.90 Å². The minimum absolute atomic E-state index is 0.120. The van der Waals surface area contributed by atoms with Crippen LogP contribution < -0.4 is 5.32 Å². The summed E-state index contributed by atoms with van der Waals surface area (Å²) in [6.07, 6.45) is 0.646. The van der Waals surface area contributed by atoms with E-state index in [1.165, 1.54) is 18.0 Å². The van der Waals surface area contributed by atoms with Crippen LogP contribution in [0.1, 0.15) is 11.9 Å². The van der Waals surface area contributed by atoms with Crippen molar-refractivity contribution in [3.05, 3.63) is 53.4 Å². The van der Waals surface area contributed by atoms with Crippen LogP contribution in [0.3, 0.4) is 0 Å². The zero-order valence-electron chi connectivity index (χ0n) is 10.6. The summed E-state index contributed by atoms with van der Waals surface area (Å²) < 4.78 is 5.05. The highest BCUT2D eigenvalue weighted by Crippen LogP contribution is 2.26. The molecule has 20 heavy (non-hydrogen) atoms. The molecule has 4 nitrogen and oxygen atoms in total. The maximum Gasteiger partial charge on any atom is 0.230 e. The third-order valence-corrected chi connectivity index (χ3v) is 4.07. The van der Waals surface area contributed by atoms with Crippen molar-refractivity contribution in [3.8, 4) is 0 Å². The first-order chi connectivity index (χ1) is 9.66. The van der Waals surface area contributed by atoms with E-state index < -0.39 is 6.10 Å². The summed E-state index contributed by atoms with van der Waals surface area (Å²) in [5, 5.41) is 13.0. The van der Waals surface area contributed by atoms with Gasteiger partial charge in [0.25, 0.3) is 0 Å². The number of carbonyl (C=O) groups excluding carboxylic acids is 1. The molecule has 106 valence electrons. The van der Waals surface area contributed by atoms with Crippen molar-refractivity contribution in [1.29, 1.82) is 0 Å². The first-order valence-corrected chi connectivity index (χ1v) is 7.38. The molecule has 0 spiro atoms. The molecule has 1 heterocycles. The predicted molar refractivity (Wildman–Crippen MR) is 78.9 cm³/mol. The highest BCUT2D eigenvalue weighted by atomic mass is 35.5. The first-order valence-electron chi connectivity index (χ1n) is 6.02. The van der Waals surface area contributed by atoms with Gasteiger partial charge in [0.15, 0.2) is 0 Å². The van der Waals surface area contributed by atoms with Crippen molar-refractivity contribution in [2.24, 2.45) is 0 Å². The molecule has 0 aliphatic rings. The Labute approximate surface area is 126 Å². The molecule has 2 rings (SSSR count). The predicted octanol–water partition coefficient (Wildman–Crippen LogP) is 2.87. The highest BCUT2D eigenvalue weighted by molar-refractivity contribution is 8.00. The minimum Gasteiger partial charge on any atom is -0.467 e. The molecule has 0 aliphatic heterocycles. The minimum atomic E-state index is -0.834. The summed E-state index contributed by atoms with van der Waals surface area (Å²) in [5.74, 6) is 0.513. The molecule has 1 amide bonds. The molecule has 6 heteroatoms. The number of rotatable bonds is 6. The summed E-state index contributed by atoms with van der Waals surface area (Å²) in [7, 11) is 0. The third-order valence-electron chi connectivity index (χ3n) is 2.56. The lowest BCUT2D eigenvalue weighted by atomic mass is 10.3. The Balaban J connectivity index is 1.75. The lowest BCUT2D eigenvalue weighted by molar-refractivity contribution is -0.119. The lowest BCUT2D eigenvalue weighted by Gasteiger charge is -2.09. The number of nitrogens with one attached hydrogen (secondary N) is 1. The average Bonchev–Trinajstić information content (AvgIpc) is 2.98. The van der Waals surface area contributed by atoms with Gasteiger partial charge in [0.2, 0.25) is 5.91 Å². The number of aliphatic hydroxyl groups is 1. The quantitative estimate of drug-likeness (QED) is 0.805. The largest absolute Gasteiger partial charge is 0.467 e. The fourth-order valence-electron chi connectivity index (χ4n) is 1.55. The van der Waals surface area contributed by atoms with Gasteiger partial charge in [-0.25, -0.2) is 0 Å². The average molecular weight is 312 g/mol. The van der Waals surface area contributed by atoms with E-state index in [0.29, 0.717) is 10.8 Å². The maximum absolute atomic E-state index is 11.7. The van der Waals surface area contributed by atoms with Crippen LogP contribution in [-0.4, -0.2) is 23.3 Å². The molecule has 0 saturated heterocycles. The van der Waals surface area contributed by atoms with E-state index in [4.69, 9.17) is 16.0 Å². The van der Waals surface area contributed by atoms with Gasteiger partial charge in [-0.3, -0.25) is 4.79 Å². The standard InChI is InChI=1S/C14H14ClNO3S/c15-10-4-1-2-6-13(10)20-9-14(18)16-8-11(17)12-5-3-7-19-12/h1-7,11,17H,8-9H2,(H,16,18). The van der Waals surface area contributed by atoms with Crippen molar-refractivity contribution in [2.75, 3.05) is 12.3 Å². The lowest BCUT2D eigenvalue weighted by Crippen LogP contribution is -2.29. The number of furan rings is 1. The van der Waals surface area contributed by atoms with Crippen molar-refractivity contribution in [3.63, 3.8) is 0 Å². The van der Waals surface area contributed by atoms with E-state index in [1.54, 1.807) is 18.2 Å². The Morgan fingerprint density at radius 2 is 2.15 bits per heavy atom. The van der Waals surface area contributed by atoms with E-state index in [1.807, 2.05) is 18.2 Å². The van der Waals surface area contributed by atoms with Crippen molar-refractivity contribution < 1.29 is 14.3 Å². The molecular weight excluding hydrogens is 298 g/mol. The topological polar surface area (TPSA) is 62.5 Å². The number of hydrogen-bond acceptors (Lipinski definition) is 4. The molecular formula is C14H14ClNO3S. The normalized spacial score (nSPS) is 12.1. The number of benzene rings is 1. The van der Waals surface area contributed by atoms with Crippen LogP contribution in [0.2, 0.25) is 5.02 Å². The second-order valence-electron chi connectivity index (χ2n) is 4.05. The SMILES string of the molecule is O=C(CSc1ccccc1Cl)NCC(O)c1ccco1. The molecule has 0 radical (unpaired) electrons. The van der Waals surface area contributed by atoms with Crippen LogP contribution in [0, 0.1) is 0 Å². The first kappa shape index (κ1) is 15.0. The van der Waals surface area contributed by atoms with Gasteiger partial charge < -0.3 is 14.8 Å². The van der Waals surface area contributed by atoms with E-state index in [9.17, 15) is 9.90 Å². The highest BCUT2D eigenvalue weighted by Gasteiger charge is 2.12. The van der Waals surface area contributed by atoms with E-state index >= 15 is 0 Å². The number of thioether (sulfide) groups is 1. The number of carbonyl (C=O) groups is 1. The van der Waals surface area contributed by atoms with Gasteiger partial charge in [0, 0.05) is 4.90 Å². The monoisotopic (exact) mass is 311 g/mol. The van der Waals surface area contributed by atoms with Crippen LogP contribution >= 0.6 is 23.4 Å². The summed E-state index contributed by atoms with van der Waals surface area (Å²) in [6.45, 7) is 0.120. The molecule has 1 aromatic heterocycles. The summed E-state index contributed by atoms with van der Waals surface area (Å²) in [5.41, 5.74) is 0. The summed E-state index contributed by atoms with van der Waals surface area (Å²) in [6, 6.07) is 10.7. The fourth-order valence-corrected chi connectivity index (χ4v) is 2.62. The molecule has 0 saturated carbocycles. The van der Waals surface area contributed by atoms with Crippen molar-refractivity contribution in [1.82, 2.24) is 5.32 Å². The van der Waals surface area contributed by atoms with E-state index in [2.05, 4.69) is 5.32 Å². The Morgan fingerprint density at radius 1 is 1.35 bits per heavy atom. The Kier molecular flexibility index (Phi) is 5.52. The molecule has 2 N–H and O–H groups in total. The molecule has 0 fully saturated rings. The molecule has 0 bridgehead atoms. The van der Waals surface area contributed by atoms with Crippen molar-refractivity contribution >= 4 is 29.3 Å². The second kappa shape index (κ2) is 7.38. The zero-order chi connectivity index (χ0) is 14.4. The fraction of sp³-hybridized carbons (Fsp3) is 0.214. The van der Waals surface area contributed by atoms with Gasteiger partial charge in [0.05, 0.1) is 23.6 Å². The van der Waals surface area contributed by atoms with Gasteiger partial charge in [0.1, 0.15) is 11.9 Å². The Bertz CT molecular complexity index is 559. The van der Waals surface area contributed by atoms with Crippen LogP contribution in [0.4, 0.5) is 0 Å². The Morgan fingerprint density at radius 3 is 2.85 bits per heavy atom. The third kappa shape index (κ3) is 4.30. The number of amides is 1. The van der Waals surface area contributed by atoms with Gasteiger partial charge in [-0.05, 0) is 24.3 Å². The summed E-state index contributed by atoms with van der Waals surface area (Å²) >= 11 is 7.35. The molecule has 1 atom stereocenters. The zero-order valence-corrected chi connectivity index (χ0v) is 12.2. The van der Waals surface area contributed by atoms with Gasteiger partial charge in [-0.15, -0.1) is 11.8 Å². The van der Waals surface area contributed by atoms with E-state index in [-0.39, 0.29) is 18.2 Å². The molecule has 1 unspecified atom stereocenters. The van der Waals surface area contributed by atoms with Gasteiger partial charge >= 0.3 is 0 Å².